The summed E-state index contributed by atoms with van der Waals surface area (Å²) in [6.07, 6.45) is 6.71. The number of rotatable bonds is 58. The molecule has 1 saturated heterocycles. The predicted molar refractivity (Wildman–Crippen MR) is 478 cm³/mol. The fourth-order valence-electron chi connectivity index (χ4n) is 14.5. The highest BCUT2D eigenvalue weighted by Crippen LogP contribution is 2.24. The Hall–Kier alpha value is -12.8. The van der Waals surface area contributed by atoms with Gasteiger partial charge in [0.25, 0.3) is 0 Å². The number of phenols is 1. The number of nitrogens with zero attached hydrogens (tertiary/aromatic N) is 2. The third-order valence-corrected chi connectivity index (χ3v) is 22.1. The number of nitrogens with two attached hydrogens (primary N) is 4. The minimum absolute atomic E-state index is 0.00512. The minimum atomic E-state index is -1.78. The highest BCUT2D eigenvalue weighted by molar-refractivity contribution is 7.98. The molecule has 5 aromatic rings. The van der Waals surface area contributed by atoms with Gasteiger partial charge in [0.05, 0.1) is 25.2 Å². The number of nitrogens with one attached hydrogen (secondary N) is 17. The molecule has 42 nitrogen and oxygen atoms in total. The normalized spacial score (nSPS) is 15.1. The van der Waals surface area contributed by atoms with Crippen LogP contribution in [0, 0.1) is 11.3 Å². The van der Waals surface area contributed by atoms with Crippen LogP contribution in [0.15, 0.2) is 97.6 Å². The maximum atomic E-state index is 15.3. The number of aromatic amines is 2. The fourth-order valence-corrected chi connectivity index (χ4v) is 14.9. The molecular weight excluding hydrogens is 1690 g/mol. The van der Waals surface area contributed by atoms with Crippen LogP contribution < -0.4 is 97.4 Å². The van der Waals surface area contributed by atoms with E-state index in [1.54, 1.807) is 87.8 Å². The van der Waals surface area contributed by atoms with Crippen molar-refractivity contribution in [1.82, 2.24) is 94.3 Å². The van der Waals surface area contributed by atoms with Crippen LogP contribution in [-0.2, 0) is 102 Å². The lowest BCUT2D eigenvalue weighted by Crippen LogP contribution is -2.61. The number of carbonyl (C=O) groups is 16. The number of carbonyl (C=O) groups excluding carboxylic acids is 15. The van der Waals surface area contributed by atoms with Crippen LogP contribution in [0.25, 0.3) is 10.9 Å². The number of benzene rings is 3. The van der Waals surface area contributed by atoms with Crippen molar-refractivity contribution in [2.24, 2.45) is 28.9 Å². The molecule has 0 radical (unpaired) electrons. The van der Waals surface area contributed by atoms with E-state index in [1.807, 2.05) is 0 Å². The number of guanidine groups is 1. The fraction of sp³-hybridized carbons (Fsp3) is 0.535. The zero-order chi connectivity index (χ0) is 94.7. The van der Waals surface area contributed by atoms with Crippen LogP contribution in [0.2, 0.25) is 0 Å². The summed E-state index contributed by atoms with van der Waals surface area (Å²) in [4.78, 5) is 237. The van der Waals surface area contributed by atoms with Gasteiger partial charge in [-0.05, 0) is 149 Å². The van der Waals surface area contributed by atoms with Gasteiger partial charge in [0.1, 0.15) is 84.3 Å². The average Bonchev–Trinajstić information content (AvgIpc) is 1.67. The van der Waals surface area contributed by atoms with E-state index >= 15 is 14.4 Å². The smallest absolute Gasteiger partial charge is 0.303 e. The van der Waals surface area contributed by atoms with Crippen molar-refractivity contribution in [3.05, 3.63) is 120 Å². The molecule has 28 N–H and O–H groups in total. The molecule has 0 spiro atoms. The van der Waals surface area contributed by atoms with Crippen molar-refractivity contribution >= 4 is 123 Å². The maximum Gasteiger partial charge on any atom is 0.303 e. The van der Waals surface area contributed by atoms with Gasteiger partial charge >= 0.3 is 5.97 Å². The SMILES string of the molecule is CCCCC(NC(=O)C(Cc1ccc(O)cc1)NC(=O)C(CO)NC(=O)C(CCCCN)NC(C)=O)C(=O)NC(CCSC)C(=O)NC(CCC(=O)O)C(=O)NC(Cc1c[nH]cn1)C(=O)NC(Cc1ccccc1)C(=O)NC(CCCNC(=N)N)C(=O)NC(Cc1c[nH]c2ccccc12)C(=O)NCC(=O)NC(CCCCN)C(=O)N1CCCC1C(=O)NC(C(N)=O)C(C)C. The number of amides is 15. The van der Waals surface area contributed by atoms with E-state index in [0.29, 0.717) is 79.1 Å². The predicted octanol–water partition coefficient (Wildman–Crippen LogP) is -2.73. The summed E-state index contributed by atoms with van der Waals surface area (Å²) in [6.45, 7) is 5.42. The quantitative estimate of drug-likeness (QED) is 0.0107. The summed E-state index contributed by atoms with van der Waals surface area (Å²) >= 11 is 1.27. The number of aromatic hydroxyl groups is 1. The molecule has 1 aliphatic heterocycles. The van der Waals surface area contributed by atoms with Gasteiger partial charge in [0, 0.05) is 75.4 Å². The van der Waals surface area contributed by atoms with E-state index in [1.165, 1.54) is 60.4 Å². The summed E-state index contributed by atoms with van der Waals surface area (Å²) in [6, 6.07) is 2.36. The Morgan fingerprint density at radius 3 is 1.55 bits per heavy atom. The third-order valence-electron chi connectivity index (χ3n) is 21.4. The number of para-hydroxylation sites is 1. The number of aliphatic hydroxyl groups excluding tert-OH is 1. The van der Waals surface area contributed by atoms with Gasteiger partial charge < -0.3 is 128 Å². The third kappa shape index (κ3) is 35.8. The number of aromatic nitrogens is 3. The second-order valence-electron chi connectivity index (χ2n) is 31.9. The Balaban J connectivity index is 1.26. The lowest BCUT2D eigenvalue weighted by atomic mass is 10.0. The second-order valence-corrected chi connectivity index (χ2v) is 32.9. The lowest BCUT2D eigenvalue weighted by Gasteiger charge is -2.30. The number of carboxylic acids is 1. The van der Waals surface area contributed by atoms with Crippen LogP contribution in [0.3, 0.4) is 0 Å². The van der Waals surface area contributed by atoms with Crippen molar-refractivity contribution in [2.75, 3.05) is 51.3 Å². The van der Waals surface area contributed by atoms with Crippen LogP contribution in [-0.4, -0.2) is 266 Å². The molecule has 0 bridgehead atoms. The van der Waals surface area contributed by atoms with Crippen molar-refractivity contribution in [2.45, 2.75) is 235 Å². The van der Waals surface area contributed by atoms with Crippen molar-refractivity contribution < 1.29 is 92.0 Å². The molecule has 15 amide bonds. The number of fused-ring (bicyclic) bond motifs is 1. The maximum absolute atomic E-state index is 15.3. The first kappa shape index (κ1) is 105. The van der Waals surface area contributed by atoms with E-state index in [2.05, 4.69) is 89.4 Å². The van der Waals surface area contributed by atoms with Gasteiger partial charge in [-0.15, -0.1) is 0 Å². The monoisotopic (exact) mass is 1820 g/mol. The number of hydrogen-bond acceptors (Lipinski definition) is 23. The molecule has 6 rings (SSSR count). The number of likely N-dealkylation sites (tertiary alicyclic amines) is 1. The van der Waals surface area contributed by atoms with Gasteiger partial charge in [-0.2, -0.15) is 11.8 Å². The summed E-state index contributed by atoms with van der Waals surface area (Å²) < 4.78 is 0. The second kappa shape index (κ2) is 55.1. The van der Waals surface area contributed by atoms with Crippen molar-refractivity contribution in [3.63, 3.8) is 0 Å². The molecule has 3 heterocycles. The molecule has 0 aliphatic carbocycles. The molecule has 1 fully saturated rings. The molecule has 13 atom stereocenters. The highest BCUT2D eigenvalue weighted by Gasteiger charge is 2.41. The first-order valence-corrected chi connectivity index (χ1v) is 44.7. The van der Waals surface area contributed by atoms with Gasteiger partial charge in [-0.25, -0.2) is 4.98 Å². The Labute approximate surface area is 752 Å². The van der Waals surface area contributed by atoms with E-state index in [-0.39, 0.29) is 107 Å². The number of phenolic OH excluding ortho intramolecular Hbond substituents is 1. The minimum Gasteiger partial charge on any atom is -0.508 e. The summed E-state index contributed by atoms with van der Waals surface area (Å²) in [5.74, 6) is -15.1. The molecule has 3 aromatic carbocycles. The van der Waals surface area contributed by atoms with E-state index in [9.17, 15) is 77.6 Å². The summed E-state index contributed by atoms with van der Waals surface area (Å²) in [5, 5.41) is 75.9. The zero-order valence-electron chi connectivity index (χ0n) is 73.4. The Morgan fingerprint density at radius 2 is 1.03 bits per heavy atom. The van der Waals surface area contributed by atoms with Crippen LogP contribution in [0.1, 0.15) is 153 Å². The topological polar surface area (TPSA) is 678 Å². The first-order valence-electron chi connectivity index (χ1n) is 43.3. The highest BCUT2D eigenvalue weighted by atomic mass is 32.2. The number of carboxylic acid groups (broad SMARTS) is 1. The number of primary amides is 1. The number of H-pyrrole nitrogens is 2. The average molecular weight is 1820 g/mol. The van der Waals surface area contributed by atoms with Crippen LogP contribution in [0.5, 0.6) is 5.75 Å². The van der Waals surface area contributed by atoms with Crippen LogP contribution >= 0.6 is 11.8 Å². The lowest BCUT2D eigenvalue weighted by molar-refractivity contribution is -0.142. The van der Waals surface area contributed by atoms with E-state index < -0.39 is 211 Å². The van der Waals surface area contributed by atoms with Crippen molar-refractivity contribution in [1.29, 1.82) is 5.41 Å². The largest absolute Gasteiger partial charge is 0.508 e. The summed E-state index contributed by atoms with van der Waals surface area (Å²) in [5.41, 5.74) is 25.0. The van der Waals surface area contributed by atoms with Gasteiger partial charge in [-0.3, -0.25) is 82.1 Å². The van der Waals surface area contributed by atoms with Gasteiger partial charge in [0.2, 0.25) is 88.6 Å². The standard InChI is InChI=1S/C86H127N23O19S/c1-6-7-22-59(99-81(124)65(41-52-28-30-55(112)31-29-52)104-83(126)68(47-110)107-75(118)58(97-50(4)111)24-13-15-35-87)76(119)102-62(34-39-129-5)79(122)101-61(32-33-71(114)115)78(121)106-67(43-54-45-92-48-96-54)82(125)103-64(40-51-19-9-8-10-20-51)80(123)100-60(26-17-37-93-86(90)91)77(120)105-66(42-53-44-94-57-23-12-11-21-56(53)57)74(117)95-46-70(113)98-63(25-14-16-36-88)85(128)109-38-18-27-69(109)84(127)108-72(49(2)3)73(89)116/h8-12,19-21,23,28-31,44-45,48-49,58-69,72,94,110,112H,6-7,13-18,22,24-27,32-43,46-47,87-88H2,1-5H3,(H2,89,116)(H,92,96)(H,95,117)(H,97,111)(H,98,113)(H,99,124)(H,100,123)(H,101,122)(H,102,119)(H,103,125)(H,104,126)(H,105,120)(H,106,121)(H,107,118)(H,108,127)(H,114,115)(H4,90,91,93). The molecule has 1 aliphatic rings. The molecule has 13 unspecified atom stereocenters. The Morgan fingerprint density at radius 1 is 0.543 bits per heavy atom. The van der Waals surface area contributed by atoms with Gasteiger partial charge in [-0.1, -0.05) is 94.3 Å². The number of imidazole rings is 1. The molecule has 43 heteroatoms. The van der Waals surface area contributed by atoms with Crippen molar-refractivity contribution in [3.8, 4) is 5.75 Å². The van der Waals surface area contributed by atoms with Gasteiger partial charge in [0.15, 0.2) is 5.96 Å². The van der Waals surface area contributed by atoms with E-state index in [0.717, 1.165) is 0 Å². The molecule has 0 saturated carbocycles. The number of thioether (sulfide) groups is 1. The summed E-state index contributed by atoms with van der Waals surface area (Å²) in [7, 11) is 0. The molecule has 706 valence electrons. The Kier molecular flexibility index (Phi) is 44.8. The molecular formula is C86H127N23O19S. The molecule has 2 aromatic heterocycles. The number of aliphatic hydroxyl groups is 1. The van der Waals surface area contributed by atoms with Crippen LogP contribution in [0.4, 0.5) is 0 Å². The van der Waals surface area contributed by atoms with E-state index in [4.69, 9.17) is 28.3 Å². The number of unbranched alkanes of at least 4 members (excludes halogenated alkanes) is 3. The molecule has 129 heavy (non-hydrogen) atoms. The number of aliphatic carboxylic acids is 1. The first-order chi connectivity index (χ1) is 61.7. The number of hydrogen-bond donors (Lipinski definition) is 24. The Bertz CT molecular complexity index is 4560. The zero-order valence-corrected chi connectivity index (χ0v) is 74.2.